The van der Waals surface area contributed by atoms with Crippen molar-refractivity contribution in [1.29, 1.82) is 0 Å². The van der Waals surface area contributed by atoms with Crippen molar-refractivity contribution in [3.63, 3.8) is 0 Å². The van der Waals surface area contributed by atoms with Crippen LogP contribution in [-0.2, 0) is 6.54 Å². The van der Waals surface area contributed by atoms with Gasteiger partial charge in [0.2, 0.25) is 0 Å². The average molecular weight is 379 g/mol. The smallest absolute Gasteiger partial charge is 0.272 e. The van der Waals surface area contributed by atoms with Gasteiger partial charge in [-0.1, -0.05) is 18.2 Å². The molecule has 0 aliphatic carbocycles. The number of hydrogen-bond acceptors (Lipinski definition) is 4. The minimum absolute atomic E-state index is 0.0976. The number of benzene rings is 2. The van der Waals surface area contributed by atoms with E-state index >= 15 is 0 Å². The highest BCUT2D eigenvalue weighted by Crippen LogP contribution is 2.17. The third-order valence-electron chi connectivity index (χ3n) is 4.80. The van der Waals surface area contributed by atoms with Crippen LogP contribution in [0.25, 0.3) is 11.0 Å². The SMILES string of the molecule is CCn1c(=O)c(C)nc2cc(C(=O)N(C)CCOc3ccccc3C)ccc21. The van der Waals surface area contributed by atoms with Gasteiger partial charge in [-0.3, -0.25) is 9.59 Å². The summed E-state index contributed by atoms with van der Waals surface area (Å²) in [6, 6.07) is 13.1. The standard InChI is InChI=1S/C22H25N3O3/c1-5-25-19-11-10-17(14-18(19)23-16(3)21(25)26)22(27)24(4)12-13-28-20-9-7-6-8-15(20)2/h6-11,14H,5,12-13H2,1-4H3. The molecule has 2 aromatic carbocycles. The van der Waals surface area contributed by atoms with Crippen molar-refractivity contribution in [2.24, 2.45) is 0 Å². The quantitative estimate of drug-likeness (QED) is 0.660. The van der Waals surface area contributed by atoms with Crippen LogP contribution < -0.4 is 10.3 Å². The molecular formula is C22H25N3O3. The first-order valence-corrected chi connectivity index (χ1v) is 9.37. The van der Waals surface area contributed by atoms with E-state index in [4.69, 9.17) is 4.74 Å². The number of aryl methyl sites for hydroxylation is 3. The first kappa shape index (κ1) is 19.6. The van der Waals surface area contributed by atoms with Gasteiger partial charge in [-0.25, -0.2) is 4.98 Å². The maximum Gasteiger partial charge on any atom is 0.272 e. The number of hydrogen-bond donors (Lipinski definition) is 0. The normalized spacial score (nSPS) is 10.9. The molecule has 1 amide bonds. The van der Waals surface area contributed by atoms with Gasteiger partial charge in [0.25, 0.3) is 11.5 Å². The van der Waals surface area contributed by atoms with Crippen LogP contribution >= 0.6 is 0 Å². The molecule has 0 aliphatic heterocycles. The molecule has 6 nitrogen and oxygen atoms in total. The van der Waals surface area contributed by atoms with Crippen molar-refractivity contribution >= 4 is 16.9 Å². The Morgan fingerprint density at radius 1 is 1.18 bits per heavy atom. The van der Waals surface area contributed by atoms with Crippen LogP contribution in [0.1, 0.15) is 28.5 Å². The zero-order valence-electron chi connectivity index (χ0n) is 16.7. The van der Waals surface area contributed by atoms with E-state index in [0.29, 0.717) is 36.5 Å². The van der Waals surface area contributed by atoms with Gasteiger partial charge in [0, 0.05) is 19.2 Å². The van der Waals surface area contributed by atoms with E-state index in [1.165, 1.54) is 0 Å². The van der Waals surface area contributed by atoms with Gasteiger partial charge in [0.1, 0.15) is 18.1 Å². The van der Waals surface area contributed by atoms with E-state index in [1.54, 1.807) is 41.6 Å². The summed E-state index contributed by atoms with van der Waals surface area (Å²) in [4.78, 5) is 31.0. The minimum Gasteiger partial charge on any atom is -0.491 e. The van der Waals surface area contributed by atoms with Crippen molar-refractivity contribution < 1.29 is 9.53 Å². The monoisotopic (exact) mass is 379 g/mol. The summed E-state index contributed by atoms with van der Waals surface area (Å²) in [6.45, 7) is 7.03. The van der Waals surface area contributed by atoms with Gasteiger partial charge in [-0.2, -0.15) is 0 Å². The molecule has 0 fully saturated rings. The summed E-state index contributed by atoms with van der Waals surface area (Å²) >= 11 is 0. The first-order valence-electron chi connectivity index (χ1n) is 9.37. The topological polar surface area (TPSA) is 64.4 Å². The first-order chi connectivity index (χ1) is 13.4. The highest BCUT2D eigenvalue weighted by molar-refractivity contribution is 5.97. The summed E-state index contributed by atoms with van der Waals surface area (Å²) in [5, 5.41) is 0. The number of carbonyl (C=O) groups is 1. The molecule has 0 N–H and O–H groups in total. The lowest BCUT2D eigenvalue weighted by molar-refractivity contribution is 0.0774. The molecule has 0 radical (unpaired) electrons. The number of ether oxygens (including phenoxy) is 1. The second-order valence-corrected chi connectivity index (χ2v) is 6.79. The van der Waals surface area contributed by atoms with Crippen LogP contribution in [0.4, 0.5) is 0 Å². The molecule has 0 saturated carbocycles. The van der Waals surface area contributed by atoms with Gasteiger partial charge in [0.15, 0.2) is 0 Å². The molecule has 3 aromatic rings. The number of rotatable bonds is 6. The van der Waals surface area contributed by atoms with Gasteiger partial charge in [0.05, 0.1) is 17.6 Å². The Bertz CT molecular complexity index is 1070. The highest BCUT2D eigenvalue weighted by atomic mass is 16.5. The number of nitrogens with zero attached hydrogens (tertiary/aromatic N) is 3. The number of likely N-dealkylation sites (N-methyl/N-ethyl adjacent to an activating group) is 1. The lowest BCUT2D eigenvalue weighted by Gasteiger charge is -2.18. The third-order valence-corrected chi connectivity index (χ3v) is 4.80. The summed E-state index contributed by atoms with van der Waals surface area (Å²) in [5.41, 5.74) is 3.32. The number of amides is 1. The van der Waals surface area contributed by atoms with Gasteiger partial charge < -0.3 is 14.2 Å². The predicted molar refractivity (Wildman–Crippen MR) is 110 cm³/mol. The van der Waals surface area contributed by atoms with Crippen molar-refractivity contribution in [2.45, 2.75) is 27.3 Å². The molecule has 1 aromatic heterocycles. The molecule has 1 heterocycles. The van der Waals surface area contributed by atoms with Crippen LogP contribution in [-0.4, -0.2) is 40.6 Å². The lowest BCUT2D eigenvalue weighted by atomic mass is 10.1. The third kappa shape index (κ3) is 3.91. The molecule has 28 heavy (non-hydrogen) atoms. The zero-order chi connectivity index (χ0) is 20.3. The van der Waals surface area contributed by atoms with Gasteiger partial charge in [-0.05, 0) is 50.6 Å². The molecule has 0 unspecified atom stereocenters. The molecule has 0 saturated heterocycles. The van der Waals surface area contributed by atoms with E-state index in [9.17, 15) is 9.59 Å². The van der Waals surface area contributed by atoms with Crippen molar-refractivity contribution in [3.8, 4) is 5.75 Å². The Balaban J connectivity index is 1.74. The van der Waals surface area contributed by atoms with Crippen molar-refractivity contribution in [1.82, 2.24) is 14.5 Å². The van der Waals surface area contributed by atoms with Crippen LogP contribution in [0.2, 0.25) is 0 Å². The van der Waals surface area contributed by atoms with Crippen LogP contribution in [0.5, 0.6) is 5.75 Å². The van der Waals surface area contributed by atoms with Gasteiger partial charge in [-0.15, -0.1) is 0 Å². The molecule has 6 heteroatoms. The predicted octanol–water partition coefficient (Wildman–Crippen LogP) is 3.18. The van der Waals surface area contributed by atoms with E-state index in [1.807, 2.05) is 38.1 Å². The Kier molecular flexibility index (Phi) is 5.78. The highest BCUT2D eigenvalue weighted by Gasteiger charge is 2.14. The summed E-state index contributed by atoms with van der Waals surface area (Å²) in [5.74, 6) is 0.718. The van der Waals surface area contributed by atoms with E-state index < -0.39 is 0 Å². The maximum absolute atomic E-state index is 12.8. The summed E-state index contributed by atoms with van der Waals surface area (Å²) in [7, 11) is 1.75. The van der Waals surface area contributed by atoms with E-state index in [2.05, 4.69) is 4.98 Å². The van der Waals surface area contributed by atoms with Crippen molar-refractivity contribution in [2.75, 3.05) is 20.2 Å². The fraction of sp³-hybridized carbons (Fsp3) is 0.318. The molecule has 146 valence electrons. The largest absolute Gasteiger partial charge is 0.491 e. The van der Waals surface area contributed by atoms with Crippen LogP contribution in [0, 0.1) is 13.8 Å². The average Bonchev–Trinajstić information content (AvgIpc) is 2.69. The fourth-order valence-electron chi connectivity index (χ4n) is 3.15. The number of fused-ring (bicyclic) bond motifs is 1. The maximum atomic E-state index is 12.8. The summed E-state index contributed by atoms with van der Waals surface area (Å²) in [6.07, 6.45) is 0. The van der Waals surface area contributed by atoms with Crippen LogP contribution in [0.15, 0.2) is 47.3 Å². The number of para-hydroxylation sites is 1. The molecule has 0 atom stereocenters. The molecule has 3 rings (SSSR count). The zero-order valence-corrected chi connectivity index (χ0v) is 16.7. The second kappa shape index (κ2) is 8.25. The Morgan fingerprint density at radius 3 is 2.64 bits per heavy atom. The van der Waals surface area contributed by atoms with Crippen LogP contribution in [0.3, 0.4) is 0 Å². The lowest BCUT2D eigenvalue weighted by Crippen LogP contribution is -2.31. The number of aromatic nitrogens is 2. The number of carbonyl (C=O) groups excluding carboxylic acids is 1. The fourth-order valence-corrected chi connectivity index (χ4v) is 3.15. The molecule has 0 aliphatic rings. The van der Waals surface area contributed by atoms with Crippen molar-refractivity contribution in [3.05, 3.63) is 69.6 Å². The Labute approximate surface area is 164 Å². The molecular weight excluding hydrogens is 354 g/mol. The second-order valence-electron chi connectivity index (χ2n) is 6.79. The van der Waals surface area contributed by atoms with E-state index in [0.717, 1.165) is 16.8 Å². The minimum atomic E-state index is -0.107. The molecule has 0 bridgehead atoms. The summed E-state index contributed by atoms with van der Waals surface area (Å²) < 4.78 is 7.45. The molecule has 0 spiro atoms. The Hall–Kier alpha value is -3.15. The Morgan fingerprint density at radius 2 is 1.93 bits per heavy atom. The van der Waals surface area contributed by atoms with E-state index in [-0.39, 0.29) is 11.5 Å². The van der Waals surface area contributed by atoms with Gasteiger partial charge >= 0.3 is 0 Å².